The van der Waals surface area contributed by atoms with E-state index >= 15 is 0 Å². The number of nitrogens with one attached hydrogen (secondary N) is 1. The maximum Gasteiger partial charge on any atom is 0.233 e. The maximum atomic E-state index is 12.0. The number of hydrogen-bond acceptors (Lipinski definition) is 3. The zero-order valence-electron chi connectivity index (χ0n) is 12.1. The van der Waals surface area contributed by atoms with Gasteiger partial charge in [0.2, 0.25) is 10.0 Å². The molecule has 2 rings (SSSR count). The van der Waals surface area contributed by atoms with Gasteiger partial charge in [0.25, 0.3) is 0 Å². The minimum Gasteiger partial charge on any atom is -0.455 e. The van der Waals surface area contributed by atoms with E-state index in [1.807, 2.05) is 44.2 Å². The molecule has 0 atom stereocenters. The molecule has 0 aliphatic heterocycles. The normalized spacial score (nSPS) is 11.4. The molecule has 4 nitrogen and oxygen atoms in total. The third-order valence-electron chi connectivity index (χ3n) is 2.68. The molecule has 0 aliphatic rings. The molecule has 5 heteroatoms. The minimum atomic E-state index is -3.38. The highest BCUT2D eigenvalue weighted by Gasteiger charge is 2.15. The van der Waals surface area contributed by atoms with Gasteiger partial charge in [-0.3, -0.25) is 4.72 Å². The zero-order chi connectivity index (χ0) is 15.3. The van der Waals surface area contributed by atoms with Crippen molar-refractivity contribution in [2.75, 3.05) is 10.5 Å². The predicted octanol–water partition coefficient (Wildman–Crippen LogP) is 3.88. The van der Waals surface area contributed by atoms with E-state index in [0.29, 0.717) is 17.2 Å². The Bertz CT molecular complexity index is 682. The van der Waals surface area contributed by atoms with Crippen LogP contribution in [0.25, 0.3) is 0 Å². The van der Waals surface area contributed by atoms with Gasteiger partial charge in [-0.2, -0.15) is 0 Å². The highest BCUT2D eigenvalue weighted by atomic mass is 32.2. The monoisotopic (exact) mass is 305 g/mol. The average molecular weight is 305 g/mol. The van der Waals surface area contributed by atoms with Crippen LogP contribution in [0.4, 0.5) is 5.69 Å². The van der Waals surface area contributed by atoms with Gasteiger partial charge in [-0.1, -0.05) is 44.2 Å². The summed E-state index contributed by atoms with van der Waals surface area (Å²) in [6, 6.07) is 16.3. The topological polar surface area (TPSA) is 55.4 Å². The lowest BCUT2D eigenvalue weighted by molar-refractivity contribution is 0.484. The van der Waals surface area contributed by atoms with Gasteiger partial charge in [0.15, 0.2) is 5.75 Å². The Hall–Kier alpha value is -2.01. The molecule has 0 unspecified atom stereocenters. The Morgan fingerprint density at radius 3 is 2.29 bits per heavy atom. The number of rotatable bonds is 6. The van der Waals surface area contributed by atoms with Crippen LogP contribution < -0.4 is 9.46 Å². The van der Waals surface area contributed by atoms with E-state index in [0.717, 1.165) is 0 Å². The van der Waals surface area contributed by atoms with Gasteiger partial charge < -0.3 is 4.74 Å². The van der Waals surface area contributed by atoms with E-state index in [4.69, 9.17) is 4.74 Å². The van der Waals surface area contributed by atoms with Crippen molar-refractivity contribution >= 4 is 15.7 Å². The molecule has 112 valence electrons. The molecule has 2 aromatic carbocycles. The SMILES string of the molecule is CC(C)CS(=O)(=O)Nc1ccccc1Oc1ccccc1. The molecule has 0 aliphatic carbocycles. The van der Waals surface area contributed by atoms with Crippen molar-refractivity contribution in [2.45, 2.75) is 13.8 Å². The summed E-state index contributed by atoms with van der Waals surface area (Å²) in [7, 11) is -3.38. The van der Waals surface area contributed by atoms with Crippen LogP contribution in [-0.2, 0) is 10.0 Å². The van der Waals surface area contributed by atoms with Crippen LogP contribution in [0.15, 0.2) is 54.6 Å². The van der Waals surface area contributed by atoms with Crippen LogP contribution in [0.3, 0.4) is 0 Å². The molecule has 0 fully saturated rings. The lowest BCUT2D eigenvalue weighted by atomic mass is 10.3. The Morgan fingerprint density at radius 2 is 1.62 bits per heavy atom. The molecule has 0 heterocycles. The average Bonchev–Trinajstić information content (AvgIpc) is 2.40. The van der Waals surface area contributed by atoms with Gasteiger partial charge in [-0.25, -0.2) is 8.42 Å². The summed E-state index contributed by atoms with van der Waals surface area (Å²) in [5.41, 5.74) is 0.446. The van der Waals surface area contributed by atoms with Crippen molar-refractivity contribution in [3.05, 3.63) is 54.6 Å². The highest BCUT2D eigenvalue weighted by Crippen LogP contribution is 2.29. The summed E-state index contributed by atoms with van der Waals surface area (Å²) in [6.45, 7) is 3.73. The van der Waals surface area contributed by atoms with Gasteiger partial charge in [0.05, 0.1) is 11.4 Å². The van der Waals surface area contributed by atoms with Crippen LogP contribution in [0.2, 0.25) is 0 Å². The lowest BCUT2D eigenvalue weighted by Crippen LogP contribution is -2.20. The fourth-order valence-electron chi connectivity index (χ4n) is 1.90. The number of anilines is 1. The van der Waals surface area contributed by atoms with E-state index in [1.54, 1.807) is 24.3 Å². The summed E-state index contributed by atoms with van der Waals surface area (Å²) >= 11 is 0. The highest BCUT2D eigenvalue weighted by molar-refractivity contribution is 7.92. The fraction of sp³-hybridized carbons (Fsp3) is 0.250. The Labute approximate surface area is 125 Å². The van der Waals surface area contributed by atoms with Crippen LogP contribution in [0.5, 0.6) is 11.5 Å². The van der Waals surface area contributed by atoms with Crippen molar-refractivity contribution < 1.29 is 13.2 Å². The van der Waals surface area contributed by atoms with Crippen LogP contribution in [-0.4, -0.2) is 14.2 Å². The second kappa shape index (κ2) is 6.63. The Morgan fingerprint density at radius 1 is 1.00 bits per heavy atom. The molecule has 0 saturated carbocycles. The summed E-state index contributed by atoms with van der Waals surface area (Å²) in [6.07, 6.45) is 0. The molecule has 0 spiro atoms. The molecule has 0 saturated heterocycles. The summed E-state index contributed by atoms with van der Waals surface area (Å²) in [5.74, 6) is 1.28. The van der Waals surface area contributed by atoms with E-state index in [1.165, 1.54) is 0 Å². The second-order valence-corrected chi connectivity index (χ2v) is 6.96. The number of para-hydroxylation sites is 3. The fourth-order valence-corrected chi connectivity index (χ4v) is 3.37. The number of benzene rings is 2. The van der Waals surface area contributed by atoms with E-state index < -0.39 is 10.0 Å². The molecular formula is C16H19NO3S. The van der Waals surface area contributed by atoms with Crippen molar-refractivity contribution in [2.24, 2.45) is 5.92 Å². The first-order chi connectivity index (χ1) is 9.96. The van der Waals surface area contributed by atoms with E-state index in [2.05, 4.69) is 4.72 Å². The second-order valence-electron chi connectivity index (χ2n) is 5.19. The van der Waals surface area contributed by atoms with Crippen LogP contribution in [0.1, 0.15) is 13.8 Å². The predicted molar refractivity (Wildman–Crippen MR) is 85.2 cm³/mol. The first kappa shape index (κ1) is 15.4. The number of hydrogen-bond donors (Lipinski definition) is 1. The largest absolute Gasteiger partial charge is 0.455 e. The quantitative estimate of drug-likeness (QED) is 0.881. The zero-order valence-corrected chi connectivity index (χ0v) is 12.9. The van der Waals surface area contributed by atoms with Gasteiger partial charge >= 0.3 is 0 Å². The first-order valence-corrected chi connectivity index (χ1v) is 8.44. The van der Waals surface area contributed by atoms with Gasteiger partial charge in [0.1, 0.15) is 5.75 Å². The molecule has 21 heavy (non-hydrogen) atoms. The van der Waals surface area contributed by atoms with Crippen molar-refractivity contribution in [1.29, 1.82) is 0 Å². The van der Waals surface area contributed by atoms with Crippen molar-refractivity contribution in [3.8, 4) is 11.5 Å². The maximum absolute atomic E-state index is 12.0. The van der Waals surface area contributed by atoms with Crippen molar-refractivity contribution in [3.63, 3.8) is 0 Å². The summed E-state index contributed by atoms with van der Waals surface area (Å²) in [4.78, 5) is 0. The molecular weight excluding hydrogens is 286 g/mol. The molecule has 2 aromatic rings. The molecule has 0 aromatic heterocycles. The van der Waals surface area contributed by atoms with Gasteiger partial charge in [-0.05, 0) is 30.2 Å². The lowest BCUT2D eigenvalue weighted by Gasteiger charge is -2.14. The van der Waals surface area contributed by atoms with Crippen LogP contribution >= 0.6 is 0 Å². The summed E-state index contributed by atoms with van der Waals surface area (Å²) in [5, 5.41) is 0. The first-order valence-electron chi connectivity index (χ1n) is 6.79. The Balaban J connectivity index is 2.21. The third-order valence-corrected chi connectivity index (χ3v) is 4.31. The Kier molecular flexibility index (Phi) is 4.85. The number of sulfonamides is 1. The van der Waals surface area contributed by atoms with Crippen molar-refractivity contribution in [1.82, 2.24) is 0 Å². The molecule has 0 bridgehead atoms. The number of ether oxygens (including phenoxy) is 1. The van der Waals surface area contributed by atoms with Crippen LogP contribution in [0, 0.1) is 5.92 Å². The molecule has 0 radical (unpaired) electrons. The van der Waals surface area contributed by atoms with Gasteiger partial charge in [-0.15, -0.1) is 0 Å². The molecule has 1 N–H and O–H groups in total. The van der Waals surface area contributed by atoms with E-state index in [-0.39, 0.29) is 11.7 Å². The van der Waals surface area contributed by atoms with E-state index in [9.17, 15) is 8.42 Å². The smallest absolute Gasteiger partial charge is 0.233 e. The minimum absolute atomic E-state index is 0.0599. The summed E-state index contributed by atoms with van der Waals surface area (Å²) < 4.78 is 32.4. The third kappa shape index (κ3) is 4.79. The standard InChI is InChI=1S/C16H19NO3S/c1-13(2)12-21(18,19)17-15-10-6-7-11-16(15)20-14-8-4-3-5-9-14/h3-11,13,17H,12H2,1-2H3. The van der Waals surface area contributed by atoms with Gasteiger partial charge in [0, 0.05) is 0 Å². The molecule has 0 amide bonds.